The number of nitriles is 1. The number of nitrogens with zero attached hydrogens (tertiary/aromatic N) is 3. The van der Waals surface area contributed by atoms with E-state index < -0.39 is 12.0 Å². The van der Waals surface area contributed by atoms with Crippen LogP contribution >= 0.6 is 0 Å². The third-order valence-corrected chi connectivity index (χ3v) is 3.14. The van der Waals surface area contributed by atoms with Crippen molar-refractivity contribution in [1.82, 2.24) is 4.98 Å². The van der Waals surface area contributed by atoms with E-state index in [-0.39, 0.29) is 5.92 Å². The first-order chi connectivity index (χ1) is 8.13. The van der Waals surface area contributed by atoms with E-state index >= 15 is 0 Å². The Morgan fingerprint density at radius 1 is 1.71 bits per heavy atom. The molecule has 1 aliphatic rings. The van der Waals surface area contributed by atoms with Gasteiger partial charge in [-0.1, -0.05) is 6.92 Å². The van der Waals surface area contributed by atoms with Gasteiger partial charge >= 0.3 is 5.97 Å². The zero-order valence-electron chi connectivity index (χ0n) is 9.50. The highest BCUT2D eigenvalue weighted by Gasteiger charge is 2.36. The fraction of sp³-hybridized carbons (Fsp3) is 0.417. The minimum absolute atomic E-state index is 0.117. The normalized spacial score (nSPS) is 23.4. The number of aliphatic carboxylic acids is 1. The van der Waals surface area contributed by atoms with Crippen LogP contribution in [0.4, 0.5) is 5.69 Å². The molecule has 0 aromatic carbocycles. The Labute approximate surface area is 99.3 Å². The van der Waals surface area contributed by atoms with Gasteiger partial charge in [0.25, 0.3) is 0 Å². The molecule has 2 unspecified atom stereocenters. The molecular weight excluding hydrogens is 218 g/mol. The van der Waals surface area contributed by atoms with Gasteiger partial charge in [0.2, 0.25) is 0 Å². The van der Waals surface area contributed by atoms with Gasteiger partial charge in [-0.05, 0) is 24.5 Å². The van der Waals surface area contributed by atoms with Gasteiger partial charge in [0.1, 0.15) is 17.8 Å². The van der Waals surface area contributed by atoms with E-state index in [0.717, 1.165) is 12.1 Å². The van der Waals surface area contributed by atoms with Crippen molar-refractivity contribution in [3.8, 4) is 6.07 Å². The minimum atomic E-state index is -0.815. The summed E-state index contributed by atoms with van der Waals surface area (Å²) in [4.78, 5) is 16.9. The highest BCUT2D eigenvalue weighted by atomic mass is 16.4. The van der Waals surface area contributed by atoms with Gasteiger partial charge in [-0.3, -0.25) is 0 Å². The van der Waals surface area contributed by atoms with Gasteiger partial charge in [-0.25, -0.2) is 9.78 Å². The van der Waals surface area contributed by atoms with Crippen LogP contribution in [0.25, 0.3) is 0 Å². The molecule has 1 aromatic heterocycles. The van der Waals surface area contributed by atoms with Crippen LogP contribution in [0.1, 0.15) is 19.0 Å². The molecule has 5 nitrogen and oxygen atoms in total. The summed E-state index contributed by atoms with van der Waals surface area (Å²) in [6, 6.07) is 4.83. The Hall–Kier alpha value is -2.09. The topological polar surface area (TPSA) is 77.2 Å². The van der Waals surface area contributed by atoms with E-state index in [4.69, 9.17) is 5.26 Å². The highest BCUT2D eigenvalue weighted by Crippen LogP contribution is 2.29. The van der Waals surface area contributed by atoms with E-state index in [1.54, 1.807) is 12.1 Å². The van der Waals surface area contributed by atoms with Gasteiger partial charge in [0.05, 0.1) is 0 Å². The molecule has 0 amide bonds. The summed E-state index contributed by atoms with van der Waals surface area (Å²) < 4.78 is 0. The van der Waals surface area contributed by atoms with Gasteiger partial charge in [0, 0.05) is 18.4 Å². The summed E-state index contributed by atoms with van der Waals surface area (Å²) in [5.41, 5.74) is 1.07. The van der Waals surface area contributed by atoms with E-state index in [9.17, 15) is 9.90 Å². The monoisotopic (exact) mass is 231 g/mol. The SMILES string of the molecule is CC1CCN(c2ccnc(C#N)c2)C1C(=O)O. The number of carbonyl (C=O) groups is 1. The molecule has 0 radical (unpaired) electrons. The summed E-state index contributed by atoms with van der Waals surface area (Å²) in [5.74, 6) is -0.698. The smallest absolute Gasteiger partial charge is 0.326 e. The lowest BCUT2D eigenvalue weighted by Gasteiger charge is -2.25. The minimum Gasteiger partial charge on any atom is -0.480 e. The molecule has 0 aliphatic carbocycles. The van der Waals surface area contributed by atoms with Crippen molar-refractivity contribution in [3.05, 3.63) is 24.0 Å². The van der Waals surface area contributed by atoms with Crippen LogP contribution in [0, 0.1) is 17.2 Å². The molecular formula is C12H13N3O2. The highest BCUT2D eigenvalue weighted by molar-refractivity contribution is 5.79. The number of hydrogen-bond donors (Lipinski definition) is 1. The Kier molecular flexibility index (Phi) is 2.96. The molecule has 2 heterocycles. The number of carboxylic acid groups (broad SMARTS) is 1. The second-order valence-corrected chi connectivity index (χ2v) is 4.25. The molecule has 0 bridgehead atoms. The van der Waals surface area contributed by atoms with Crippen LogP contribution in [0.5, 0.6) is 0 Å². The van der Waals surface area contributed by atoms with Crippen LogP contribution in [0.3, 0.4) is 0 Å². The van der Waals surface area contributed by atoms with Gasteiger partial charge in [-0.2, -0.15) is 5.26 Å². The van der Waals surface area contributed by atoms with Crippen molar-refractivity contribution in [3.63, 3.8) is 0 Å². The van der Waals surface area contributed by atoms with E-state index in [0.29, 0.717) is 12.2 Å². The number of anilines is 1. The van der Waals surface area contributed by atoms with Crippen LogP contribution in [0.2, 0.25) is 0 Å². The molecule has 88 valence electrons. The number of aromatic nitrogens is 1. The van der Waals surface area contributed by atoms with E-state index in [1.807, 2.05) is 17.9 Å². The number of hydrogen-bond acceptors (Lipinski definition) is 4. The first kappa shape index (κ1) is 11.4. The summed E-state index contributed by atoms with van der Waals surface area (Å²) in [6.45, 7) is 2.64. The maximum atomic E-state index is 11.2. The van der Waals surface area contributed by atoms with Crippen LogP contribution in [-0.2, 0) is 4.79 Å². The number of pyridine rings is 1. The zero-order valence-corrected chi connectivity index (χ0v) is 9.50. The van der Waals surface area contributed by atoms with Gasteiger partial charge < -0.3 is 10.0 Å². The lowest BCUT2D eigenvalue weighted by molar-refractivity contribution is -0.139. The zero-order chi connectivity index (χ0) is 12.4. The Morgan fingerprint density at radius 3 is 3.12 bits per heavy atom. The molecule has 17 heavy (non-hydrogen) atoms. The average molecular weight is 231 g/mol. The van der Waals surface area contributed by atoms with Crippen LogP contribution in [-0.4, -0.2) is 28.6 Å². The molecule has 1 N–H and O–H groups in total. The summed E-state index contributed by atoms with van der Waals surface area (Å²) in [6.07, 6.45) is 2.39. The van der Waals surface area contributed by atoms with Crippen LogP contribution in [0.15, 0.2) is 18.3 Å². The molecule has 2 atom stereocenters. The Balaban J connectivity index is 2.33. The number of rotatable bonds is 2. The van der Waals surface area contributed by atoms with E-state index in [2.05, 4.69) is 4.98 Å². The second kappa shape index (κ2) is 4.42. The molecule has 1 fully saturated rings. The molecule has 0 spiro atoms. The van der Waals surface area contributed by atoms with Crippen molar-refractivity contribution in [2.24, 2.45) is 5.92 Å². The Morgan fingerprint density at radius 2 is 2.47 bits per heavy atom. The predicted molar refractivity (Wildman–Crippen MR) is 61.5 cm³/mol. The maximum absolute atomic E-state index is 11.2. The summed E-state index contributed by atoms with van der Waals surface area (Å²) in [7, 11) is 0. The molecule has 1 saturated heterocycles. The third-order valence-electron chi connectivity index (χ3n) is 3.14. The maximum Gasteiger partial charge on any atom is 0.326 e. The van der Waals surface area contributed by atoms with Crippen molar-refractivity contribution in [1.29, 1.82) is 5.26 Å². The average Bonchev–Trinajstić information content (AvgIpc) is 2.71. The van der Waals surface area contributed by atoms with Crippen molar-refractivity contribution >= 4 is 11.7 Å². The lowest BCUT2D eigenvalue weighted by atomic mass is 10.0. The molecule has 2 rings (SSSR count). The van der Waals surface area contributed by atoms with E-state index in [1.165, 1.54) is 6.20 Å². The largest absolute Gasteiger partial charge is 0.480 e. The quantitative estimate of drug-likeness (QED) is 0.828. The molecule has 5 heteroatoms. The Bertz CT molecular complexity index is 481. The first-order valence-corrected chi connectivity index (χ1v) is 5.49. The molecule has 1 aromatic rings. The van der Waals surface area contributed by atoms with Crippen LogP contribution < -0.4 is 4.90 Å². The fourth-order valence-corrected chi connectivity index (χ4v) is 2.27. The standard InChI is InChI=1S/C12H13N3O2/c1-8-3-5-15(11(8)12(16)17)10-2-4-14-9(6-10)7-13/h2,4,6,8,11H,3,5H2,1H3,(H,16,17). The van der Waals surface area contributed by atoms with Crippen molar-refractivity contribution in [2.75, 3.05) is 11.4 Å². The van der Waals surface area contributed by atoms with Gasteiger partial charge in [0.15, 0.2) is 0 Å². The van der Waals surface area contributed by atoms with Crippen molar-refractivity contribution < 1.29 is 9.90 Å². The second-order valence-electron chi connectivity index (χ2n) is 4.25. The first-order valence-electron chi connectivity index (χ1n) is 5.49. The number of carboxylic acids is 1. The fourth-order valence-electron chi connectivity index (χ4n) is 2.27. The summed E-state index contributed by atoms with van der Waals surface area (Å²) >= 11 is 0. The van der Waals surface area contributed by atoms with Crippen molar-refractivity contribution in [2.45, 2.75) is 19.4 Å². The summed E-state index contributed by atoms with van der Waals surface area (Å²) in [5, 5.41) is 18.0. The van der Waals surface area contributed by atoms with Gasteiger partial charge in [-0.15, -0.1) is 0 Å². The molecule has 0 saturated carbocycles. The third kappa shape index (κ3) is 2.07. The molecule has 1 aliphatic heterocycles. The predicted octanol–water partition coefficient (Wildman–Crippen LogP) is 1.25. The lowest BCUT2D eigenvalue weighted by Crippen LogP contribution is -2.39.